The minimum atomic E-state index is 0.883. The monoisotopic (exact) mass is 195 g/mol. The fourth-order valence-corrected chi connectivity index (χ4v) is 3.27. The number of nitrogens with zero attached hydrogens (tertiary/aromatic N) is 1. The van der Waals surface area contributed by atoms with Crippen LogP contribution in [0.25, 0.3) is 0 Å². The van der Waals surface area contributed by atoms with Gasteiger partial charge in [0.2, 0.25) is 0 Å². The van der Waals surface area contributed by atoms with Gasteiger partial charge >= 0.3 is 0 Å². The molecule has 82 valence electrons. The lowest BCUT2D eigenvalue weighted by Gasteiger charge is -2.45. The van der Waals surface area contributed by atoms with Crippen molar-refractivity contribution in [2.75, 3.05) is 13.1 Å². The summed E-state index contributed by atoms with van der Waals surface area (Å²) in [6.07, 6.45) is 5.86. The van der Waals surface area contributed by atoms with Gasteiger partial charge in [-0.25, -0.2) is 0 Å². The largest absolute Gasteiger partial charge is 0.300 e. The van der Waals surface area contributed by atoms with Gasteiger partial charge < -0.3 is 4.90 Å². The molecule has 2 fully saturated rings. The predicted octanol–water partition coefficient (Wildman–Crippen LogP) is 3.15. The van der Waals surface area contributed by atoms with Gasteiger partial charge in [-0.2, -0.15) is 0 Å². The first-order valence-electron chi connectivity index (χ1n) is 6.42. The van der Waals surface area contributed by atoms with Crippen LogP contribution in [0.15, 0.2) is 0 Å². The highest BCUT2D eigenvalue weighted by Crippen LogP contribution is 2.34. The minimum absolute atomic E-state index is 0.883. The highest BCUT2D eigenvalue weighted by Gasteiger charge is 2.33. The lowest BCUT2D eigenvalue weighted by molar-refractivity contribution is 0.0392. The van der Waals surface area contributed by atoms with E-state index in [-0.39, 0.29) is 0 Å². The molecule has 1 aliphatic heterocycles. The van der Waals surface area contributed by atoms with Crippen molar-refractivity contribution in [2.24, 2.45) is 17.8 Å². The van der Waals surface area contributed by atoms with E-state index in [9.17, 15) is 0 Å². The SMILES string of the molecule is CC(C)C1CCN(C2CCC2)C[C@H]1C. The maximum absolute atomic E-state index is 2.76. The van der Waals surface area contributed by atoms with Gasteiger partial charge in [-0.1, -0.05) is 27.2 Å². The number of rotatable bonds is 2. The van der Waals surface area contributed by atoms with Gasteiger partial charge in [-0.05, 0) is 43.6 Å². The molecule has 0 spiro atoms. The van der Waals surface area contributed by atoms with E-state index in [1.54, 1.807) is 0 Å². The fourth-order valence-electron chi connectivity index (χ4n) is 3.27. The molecule has 1 unspecified atom stereocenters. The van der Waals surface area contributed by atoms with Crippen molar-refractivity contribution < 1.29 is 0 Å². The third-order valence-corrected chi connectivity index (χ3v) is 4.45. The zero-order chi connectivity index (χ0) is 10.1. The summed E-state index contributed by atoms with van der Waals surface area (Å²) in [6.45, 7) is 9.97. The molecule has 14 heavy (non-hydrogen) atoms. The quantitative estimate of drug-likeness (QED) is 0.654. The van der Waals surface area contributed by atoms with Crippen molar-refractivity contribution in [3.8, 4) is 0 Å². The topological polar surface area (TPSA) is 3.24 Å². The molecule has 1 nitrogen and oxygen atoms in total. The van der Waals surface area contributed by atoms with Gasteiger partial charge in [0.25, 0.3) is 0 Å². The Balaban J connectivity index is 1.85. The lowest BCUT2D eigenvalue weighted by Crippen LogP contribution is -2.48. The average molecular weight is 195 g/mol. The molecule has 0 aromatic rings. The van der Waals surface area contributed by atoms with Crippen LogP contribution in [-0.4, -0.2) is 24.0 Å². The van der Waals surface area contributed by atoms with Crippen molar-refractivity contribution in [1.29, 1.82) is 0 Å². The molecule has 0 bridgehead atoms. The molecule has 0 N–H and O–H groups in total. The van der Waals surface area contributed by atoms with E-state index in [4.69, 9.17) is 0 Å². The Morgan fingerprint density at radius 3 is 2.29 bits per heavy atom. The van der Waals surface area contributed by atoms with Gasteiger partial charge in [-0.15, -0.1) is 0 Å². The third kappa shape index (κ3) is 1.98. The molecular formula is C13H25N. The van der Waals surface area contributed by atoms with Crippen LogP contribution >= 0.6 is 0 Å². The van der Waals surface area contributed by atoms with E-state index >= 15 is 0 Å². The van der Waals surface area contributed by atoms with Crippen LogP contribution in [0.4, 0.5) is 0 Å². The molecule has 1 heteroatoms. The standard InChI is InChI=1S/C13H25N/c1-10(2)13-7-8-14(9-11(13)3)12-5-4-6-12/h10-13H,4-9H2,1-3H3/t11-,13?/m1/s1. The molecule has 2 atom stereocenters. The molecule has 2 aliphatic rings. The van der Waals surface area contributed by atoms with Crippen molar-refractivity contribution in [3.63, 3.8) is 0 Å². The zero-order valence-corrected chi connectivity index (χ0v) is 10.00. The Kier molecular flexibility index (Phi) is 3.16. The first-order valence-corrected chi connectivity index (χ1v) is 6.42. The average Bonchev–Trinajstić information content (AvgIpc) is 2.00. The van der Waals surface area contributed by atoms with Crippen molar-refractivity contribution >= 4 is 0 Å². The van der Waals surface area contributed by atoms with Gasteiger partial charge in [0.15, 0.2) is 0 Å². The van der Waals surface area contributed by atoms with Crippen molar-refractivity contribution in [1.82, 2.24) is 4.90 Å². The van der Waals surface area contributed by atoms with Crippen LogP contribution < -0.4 is 0 Å². The summed E-state index contributed by atoms with van der Waals surface area (Å²) >= 11 is 0. The van der Waals surface area contributed by atoms with E-state index in [2.05, 4.69) is 25.7 Å². The lowest BCUT2D eigenvalue weighted by atomic mass is 9.77. The summed E-state index contributed by atoms with van der Waals surface area (Å²) in [5.41, 5.74) is 0. The van der Waals surface area contributed by atoms with E-state index in [0.717, 1.165) is 23.8 Å². The Morgan fingerprint density at radius 2 is 1.86 bits per heavy atom. The Morgan fingerprint density at radius 1 is 1.14 bits per heavy atom. The summed E-state index contributed by atoms with van der Waals surface area (Å²) < 4.78 is 0. The van der Waals surface area contributed by atoms with Crippen LogP contribution in [0.5, 0.6) is 0 Å². The van der Waals surface area contributed by atoms with Gasteiger partial charge in [0, 0.05) is 12.6 Å². The predicted molar refractivity (Wildman–Crippen MR) is 61.3 cm³/mol. The third-order valence-electron chi connectivity index (χ3n) is 4.45. The molecule has 0 amide bonds. The van der Waals surface area contributed by atoms with Crippen LogP contribution in [0.1, 0.15) is 46.5 Å². The summed E-state index contributed by atoms with van der Waals surface area (Å²) in [6, 6.07) is 0.963. The highest BCUT2D eigenvalue weighted by atomic mass is 15.2. The molecule has 1 saturated heterocycles. The van der Waals surface area contributed by atoms with Crippen LogP contribution in [-0.2, 0) is 0 Å². The van der Waals surface area contributed by atoms with E-state index in [1.165, 1.54) is 38.8 Å². The molecule has 1 saturated carbocycles. The van der Waals surface area contributed by atoms with Crippen LogP contribution in [0.2, 0.25) is 0 Å². The number of likely N-dealkylation sites (tertiary alicyclic amines) is 1. The zero-order valence-electron chi connectivity index (χ0n) is 10.00. The first-order chi connectivity index (χ1) is 6.68. The second kappa shape index (κ2) is 4.22. The van der Waals surface area contributed by atoms with Crippen LogP contribution in [0.3, 0.4) is 0 Å². The molecule has 0 radical (unpaired) electrons. The molecule has 0 aromatic carbocycles. The van der Waals surface area contributed by atoms with Crippen molar-refractivity contribution in [3.05, 3.63) is 0 Å². The minimum Gasteiger partial charge on any atom is -0.300 e. The molecular weight excluding hydrogens is 170 g/mol. The van der Waals surface area contributed by atoms with E-state index in [1.807, 2.05) is 0 Å². The first kappa shape index (κ1) is 10.5. The Labute approximate surface area is 88.9 Å². The van der Waals surface area contributed by atoms with Gasteiger partial charge in [-0.3, -0.25) is 0 Å². The van der Waals surface area contributed by atoms with Gasteiger partial charge in [0.05, 0.1) is 0 Å². The van der Waals surface area contributed by atoms with E-state index < -0.39 is 0 Å². The Bertz CT molecular complexity index is 184. The number of hydrogen-bond donors (Lipinski definition) is 0. The maximum atomic E-state index is 2.76. The fraction of sp³-hybridized carbons (Fsp3) is 1.00. The summed E-state index contributed by atoms with van der Waals surface area (Å²) in [5.74, 6) is 2.78. The molecule has 1 heterocycles. The highest BCUT2D eigenvalue weighted by molar-refractivity contribution is 4.86. The number of piperidine rings is 1. The molecule has 1 aliphatic carbocycles. The molecule has 2 rings (SSSR count). The molecule has 0 aromatic heterocycles. The normalized spacial score (nSPS) is 36.0. The van der Waals surface area contributed by atoms with Crippen LogP contribution in [0, 0.1) is 17.8 Å². The van der Waals surface area contributed by atoms with Gasteiger partial charge in [0.1, 0.15) is 0 Å². The summed E-state index contributed by atoms with van der Waals surface area (Å²) in [4.78, 5) is 2.76. The van der Waals surface area contributed by atoms with E-state index in [0.29, 0.717) is 0 Å². The number of hydrogen-bond acceptors (Lipinski definition) is 1. The maximum Gasteiger partial charge on any atom is 0.00953 e. The summed E-state index contributed by atoms with van der Waals surface area (Å²) in [5, 5.41) is 0. The Hall–Kier alpha value is -0.0400. The second-order valence-electron chi connectivity index (χ2n) is 5.75. The smallest absolute Gasteiger partial charge is 0.00953 e. The second-order valence-corrected chi connectivity index (χ2v) is 5.75. The summed E-state index contributed by atoms with van der Waals surface area (Å²) in [7, 11) is 0. The van der Waals surface area contributed by atoms with Crippen molar-refractivity contribution in [2.45, 2.75) is 52.5 Å².